The largest absolute Gasteiger partial charge is 0.495 e. The first kappa shape index (κ1) is 22.1. The molecule has 0 spiro atoms. The number of anilines is 3. The Labute approximate surface area is 188 Å². The Morgan fingerprint density at radius 3 is 2.75 bits per heavy atom. The predicted molar refractivity (Wildman–Crippen MR) is 126 cm³/mol. The van der Waals surface area contributed by atoms with Crippen LogP contribution in [0.4, 0.5) is 17.2 Å². The summed E-state index contributed by atoms with van der Waals surface area (Å²) in [6.07, 6.45) is 4.02. The smallest absolute Gasteiger partial charge is 0.230 e. The zero-order chi connectivity index (χ0) is 22.7. The van der Waals surface area contributed by atoms with Crippen LogP contribution in [0.5, 0.6) is 5.75 Å². The zero-order valence-corrected chi connectivity index (χ0v) is 19.1. The number of methoxy groups -OCH3 is 1. The molecule has 0 radical (unpaired) electrons. The van der Waals surface area contributed by atoms with Gasteiger partial charge in [0.15, 0.2) is 5.65 Å². The lowest BCUT2D eigenvalue weighted by Crippen LogP contribution is -2.08. The summed E-state index contributed by atoms with van der Waals surface area (Å²) >= 11 is 0. The topological polar surface area (TPSA) is 90.3 Å². The van der Waals surface area contributed by atoms with Crippen LogP contribution in [0.2, 0.25) is 0 Å². The molecule has 0 atom stereocenters. The van der Waals surface area contributed by atoms with Crippen LogP contribution in [0.25, 0.3) is 11.2 Å². The van der Waals surface area contributed by atoms with Crippen LogP contribution in [-0.4, -0.2) is 40.7 Å². The first-order chi connectivity index (χ1) is 15.4. The highest BCUT2D eigenvalue weighted by atomic mass is 16.5. The molecular formula is C24H31N5O3. The first-order valence-corrected chi connectivity index (χ1v) is 11.1. The maximum atomic E-state index is 12.1. The molecule has 8 heteroatoms. The van der Waals surface area contributed by atoms with Crippen LogP contribution in [-0.2, 0) is 11.3 Å². The summed E-state index contributed by atoms with van der Waals surface area (Å²) in [5.74, 6) is 2.36. The second-order valence-electron chi connectivity index (χ2n) is 8.75. The van der Waals surface area contributed by atoms with Gasteiger partial charge in [-0.2, -0.15) is 0 Å². The van der Waals surface area contributed by atoms with Crippen molar-refractivity contribution in [1.82, 2.24) is 14.5 Å². The average molecular weight is 438 g/mol. The Bertz CT molecular complexity index is 1100. The van der Waals surface area contributed by atoms with Gasteiger partial charge in [-0.15, -0.1) is 0 Å². The van der Waals surface area contributed by atoms with Gasteiger partial charge in [0.25, 0.3) is 0 Å². The van der Waals surface area contributed by atoms with Crippen molar-refractivity contribution in [3.8, 4) is 5.75 Å². The Morgan fingerprint density at radius 1 is 1.25 bits per heavy atom. The van der Waals surface area contributed by atoms with Gasteiger partial charge < -0.3 is 20.1 Å². The summed E-state index contributed by atoms with van der Waals surface area (Å²) in [5, 5.41) is 6.86. The van der Waals surface area contributed by atoms with Crippen molar-refractivity contribution in [2.24, 2.45) is 11.8 Å². The second kappa shape index (κ2) is 9.56. The van der Waals surface area contributed by atoms with E-state index in [0.29, 0.717) is 47.8 Å². The molecule has 8 nitrogen and oxygen atoms in total. The molecule has 32 heavy (non-hydrogen) atoms. The predicted octanol–water partition coefficient (Wildman–Crippen LogP) is 4.84. The molecule has 2 heterocycles. The summed E-state index contributed by atoms with van der Waals surface area (Å²) in [6.45, 7) is 7.88. The van der Waals surface area contributed by atoms with E-state index in [4.69, 9.17) is 9.47 Å². The van der Waals surface area contributed by atoms with Gasteiger partial charge in [0.1, 0.15) is 23.4 Å². The standard InChI is InChI=1S/C24H31N5O3/c1-15(2)12-32-13-18-7-8-21(31-4)19(9-18)27-22-10-20(25-11-17-5-6-17)23-24(28-22)29(14-26-23)16(3)30/h7-10,14-15,17H,5-6,11-13H2,1-4H3,(H2,25,27,28). The van der Waals surface area contributed by atoms with E-state index >= 15 is 0 Å². The van der Waals surface area contributed by atoms with Gasteiger partial charge in [0.2, 0.25) is 5.91 Å². The van der Waals surface area contributed by atoms with E-state index in [9.17, 15) is 4.79 Å². The highest BCUT2D eigenvalue weighted by Gasteiger charge is 2.22. The Balaban J connectivity index is 1.64. The van der Waals surface area contributed by atoms with Gasteiger partial charge >= 0.3 is 0 Å². The van der Waals surface area contributed by atoms with E-state index in [1.165, 1.54) is 30.7 Å². The van der Waals surface area contributed by atoms with Crippen LogP contribution in [0, 0.1) is 11.8 Å². The normalized spacial score (nSPS) is 13.5. The molecule has 1 saturated carbocycles. The highest BCUT2D eigenvalue weighted by molar-refractivity contribution is 5.94. The molecule has 1 aliphatic rings. The number of carbonyl (C=O) groups is 1. The van der Waals surface area contributed by atoms with Crippen molar-refractivity contribution in [3.05, 3.63) is 36.2 Å². The molecule has 170 valence electrons. The number of fused-ring (bicyclic) bond motifs is 1. The van der Waals surface area contributed by atoms with Crippen LogP contribution in [0.15, 0.2) is 30.6 Å². The number of imidazole rings is 1. The molecule has 0 amide bonds. The van der Waals surface area contributed by atoms with Gasteiger partial charge in [0.05, 0.1) is 25.1 Å². The molecule has 0 aliphatic heterocycles. The fourth-order valence-corrected chi connectivity index (χ4v) is 3.49. The molecule has 3 aromatic rings. The van der Waals surface area contributed by atoms with Gasteiger partial charge in [-0.1, -0.05) is 19.9 Å². The number of nitrogens with zero attached hydrogens (tertiary/aromatic N) is 3. The number of ether oxygens (including phenoxy) is 2. The van der Waals surface area contributed by atoms with Crippen LogP contribution in [0.3, 0.4) is 0 Å². The molecule has 0 bridgehead atoms. The Kier molecular flexibility index (Phi) is 6.60. The van der Waals surface area contributed by atoms with Crippen LogP contribution < -0.4 is 15.4 Å². The number of rotatable bonds is 10. The molecule has 1 aromatic carbocycles. The van der Waals surface area contributed by atoms with Crippen molar-refractivity contribution in [2.75, 3.05) is 30.9 Å². The third-order valence-electron chi connectivity index (χ3n) is 5.37. The fourth-order valence-electron chi connectivity index (χ4n) is 3.49. The summed E-state index contributed by atoms with van der Waals surface area (Å²) in [5.41, 5.74) is 3.90. The van der Waals surface area contributed by atoms with Crippen molar-refractivity contribution in [2.45, 2.75) is 40.2 Å². The number of hydrogen-bond acceptors (Lipinski definition) is 7. The summed E-state index contributed by atoms with van der Waals surface area (Å²) < 4.78 is 12.8. The number of aromatic nitrogens is 3. The Hall–Kier alpha value is -3.13. The number of benzene rings is 1. The van der Waals surface area contributed by atoms with Gasteiger partial charge in [0, 0.05) is 26.1 Å². The molecule has 2 N–H and O–H groups in total. The SMILES string of the molecule is COc1ccc(COCC(C)C)cc1Nc1cc(NCC2CC2)c2ncn(C(C)=O)c2n1. The second-order valence-corrected chi connectivity index (χ2v) is 8.75. The van der Waals surface area contributed by atoms with Crippen LogP contribution >= 0.6 is 0 Å². The fraction of sp³-hybridized carbons (Fsp3) is 0.458. The summed E-state index contributed by atoms with van der Waals surface area (Å²) in [7, 11) is 1.64. The van der Waals surface area contributed by atoms with E-state index in [1.54, 1.807) is 7.11 Å². The summed E-state index contributed by atoms with van der Waals surface area (Å²) in [6, 6.07) is 7.85. The summed E-state index contributed by atoms with van der Waals surface area (Å²) in [4.78, 5) is 21.2. The van der Waals surface area contributed by atoms with Crippen LogP contribution in [0.1, 0.15) is 44.0 Å². The van der Waals surface area contributed by atoms with E-state index in [0.717, 1.165) is 23.5 Å². The third kappa shape index (κ3) is 5.19. The zero-order valence-electron chi connectivity index (χ0n) is 19.1. The van der Waals surface area contributed by atoms with Gasteiger partial charge in [-0.05, 0) is 42.4 Å². The van der Waals surface area contributed by atoms with Crippen molar-refractivity contribution in [3.63, 3.8) is 0 Å². The minimum atomic E-state index is -0.132. The third-order valence-corrected chi connectivity index (χ3v) is 5.37. The quantitative estimate of drug-likeness (QED) is 0.469. The van der Waals surface area contributed by atoms with E-state index in [-0.39, 0.29) is 5.91 Å². The van der Waals surface area contributed by atoms with Crippen molar-refractivity contribution < 1.29 is 14.3 Å². The number of nitrogens with one attached hydrogen (secondary N) is 2. The van der Waals surface area contributed by atoms with E-state index in [1.807, 2.05) is 24.3 Å². The highest BCUT2D eigenvalue weighted by Crippen LogP contribution is 2.33. The average Bonchev–Trinajstić information content (AvgIpc) is 3.48. The van der Waals surface area contributed by atoms with E-state index in [2.05, 4.69) is 34.4 Å². The van der Waals surface area contributed by atoms with E-state index < -0.39 is 0 Å². The first-order valence-electron chi connectivity index (χ1n) is 11.1. The molecular weight excluding hydrogens is 406 g/mol. The lowest BCUT2D eigenvalue weighted by molar-refractivity contribution is 0.0940. The molecule has 0 saturated heterocycles. The maximum absolute atomic E-state index is 12.1. The maximum Gasteiger partial charge on any atom is 0.230 e. The number of carbonyl (C=O) groups excluding carboxylic acids is 1. The molecule has 0 unspecified atom stereocenters. The molecule has 4 rings (SSSR count). The van der Waals surface area contributed by atoms with Gasteiger partial charge in [-0.25, -0.2) is 9.97 Å². The van der Waals surface area contributed by atoms with Crippen molar-refractivity contribution >= 4 is 34.3 Å². The minimum absolute atomic E-state index is 0.132. The number of pyridine rings is 1. The molecule has 1 aliphatic carbocycles. The monoisotopic (exact) mass is 437 g/mol. The van der Waals surface area contributed by atoms with Gasteiger partial charge in [-0.3, -0.25) is 9.36 Å². The minimum Gasteiger partial charge on any atom is -0.495 e. The Morgan fingerprint density at radius 2 is 2.06 bits per heavy atom. The lowest BCUT2D eigenvalue weighted by Gasteiger charge is -2.15. The number of hydrogen-bond donors (Lipinski definition) is 2. The lowest BCUT2D eigenvalue weighted by atomic mass is 10.2. The van der Waals surface area contributed by atoms with Crippen molar-refractivity contribution in [1.29, 1.82) is 0 Å². The molecule has 2 aromatic heterocycles. The molecule has 1 fully saturated rings.